The number of nitrogens with zero attached hydrogens (tertiary/aromatic N) is 1. The predicted octanol–water partition coefficient (Wildman–Crippen LogP) is 2.45. The zero-order valence-electron chi connectivity index (χ0n) is 13.5. The summed E-state index contributed by atoms with van der Waals surface area (Å²) in [6.07, 6.45) is 5.47. The molecule has 0 unspecified atom stereocenters. The molecule has 0 aromatic heterocycles. The maximum atomic E-state index is 11.3. The number of hydroxylamine groups is 1. The molecule has 2 N–H and O–H groups in total. The van der Waals surface area contributed by atoms with E-state index in [0.717, 1.165) is 16.9 Å². The zero-order valence-corrected chi connectivity index (χ0v) is 13.5. The van der Waals surface area contributed by atoms with Crippen molar-refractivity contribution in [2.45, 2.75) is 13.1 Å². The summed E-state index contributed by atoms with van der Waals surface area (Å²) in [5.41, 5.74) is 4.20. The molecule has 5 nitrogen and oxygen atoms in total. The molecular formula is C19H20N2O3. The summed E-state index contributed by atoms with van der Waals surface area (Å²) < 4.78 is 5.16. The fraction of sp³-hybridized carbons (Fsp3) is 0.211. The number of ether oxygens (including phenoxy) is 1. The van der Waals surface area contributed by atoms with Gasteiger partial charge in [-0.2, -0.15) is 0 Å². The number of carbonyl (C=O) groups is 1. The lowest BCUT2D eigenvalue weighted by Gasteiger charge is -2.20. The van der Waals surface area contributed by atoms with Crippen molar-refractivity contribution in [3.05, 3.63) is 65.2 Å². The van der Waals surface area contributed by atoms with Crippen LogP contribution < -0.4 is 10.2 Å². The number of rotatable bonds is 7. The highest BCUT2D eigenvalue weighted by molar-refractivity contribution is 5.93. The van der Waals surface area contributed by atoms with Crippen LogP contribution in [0.3, 0.4) is 0 Å². The minimum Gasteiger partial charge on any atom is -0.497 e. The Kier molecular flexibility index (Phi) is 6.38. The molecule has 2 rings (SSSR count). The third-order valence-corrected chi connectivity index (χ3v) is 3.60. The number of hydrogen-bond donors (Lipinski definition) is 2. The van der Waals surface area contributed by atoms with E-state index in [2.05, 4.69) is 10.8 Å². The molecule has 24 heavy (non-hydrogen) atoms. The second-order valence-electron chi connectivity index (χ2n) is 5.34. The van der Waals surface area contributed by atoms with Crippen LogP contribution in [0, 0.1) is 12.3 Å². The van der Waals surface area contributed by atoms with Gasteiger partial charge in [-0.1, -0.05) is 30.2 Å². The first-order valence-electron chi connectivity index (χ1n) is 7.48. The molecule has 0 saturated heterocycles. The summed E-state index contributed by atoms with van der Waals surface area (Å²) in [6.45, 7) is 1.90. The van der Waals surface area contributed by atoms with Crippen molar-refractivity contribution < 1.29 is 14.7 Å². The fourth-order valence-electron chi connectivity index (χ4n) is 2.37. The Morgan fingerprint density at radius 3 is 2.12 bits per heavy atom. The second-order valence-corrected chi connectivity index (χ2v) is 5.34. The van der Waals surface area contributed by atoms with Crippen LogP contribution >= 0.6 is 0 Å². The molecule has 0 heterocycles. The fourth-order valence-corrected chi connectivity index (χ4v) is 2.37. The molecule has 0 aliphatic heterocycles. The Balaban J connectivity index is 2.04. The van der Waals surface area contributed by atoms with Gasteiger partial charge in [0, 0.05) is 18.7 Å². The first-order chi connectivity index (χ1) is 11.7. The second kappa shape index (κ2) is 8.73. The summed E-state index contributed by atoms with van der Waals surface area (Å²) in [5, 5.41) is 8.64. The molecule has 5 heteroatoms. The number of nitrogens with one attached hydrogen (secondary N) is 1. The molecule has 0 fully saturated rings. The molecule has 124 valence electrons. The number of benzene rings is 2. The SMILES string of the molecule is C#CCN(Cc1ccc(OC)cc1)Cc1ccc(C(=O)NO)cc1. The average Bonchev–Trinajstić information content (AvgIpc) is 2.62. The lowest BCUT2D eigenvalue weighted by molar-refractivity contribution is 0.0706. The van der Waals surface area contributed by atoms with Gasteiger partial charge >= 0.3 is 0 Å². The first-order valence-corrected chi connectivity index (χ1v) is 7.48. The van der Waals surface area contributed by atoms with Crippen molar-refractivity contribution in [2.24, 2.45) is 0 Å². The van der Waals surface area contributed by atoms with Crippen LogP contribution in [-0.4, -0.2) is 29.7 Å². The summed E-state index contributed by atoms with van der Waals surface area (Å²) in [7, 11) is 1.64. The highest BCUT2D eigenvalue weighted by Gasteiger charge is 2.08. The van der Waals surface area contributed by atoms with E-state index >= 15 is 0 Å². The third-order valence-electron chi connectivity index (χ3n) is 3.60. The van der Waals surface area contributed by atoms with Gasteiger partial charge in [-0.3, -0.25) is 14.9 Å². The van der Waals surface area contributed by atoms with Crippen molar-refractivity contribution in [1.29, 1.82) is 0 Å². The van der Waals surface area contributed by atoms with Crippen molar-refractivity contribution in [3.8, 4) is 18.1 Å². The van der Waals surface area contributed by atoms with E-state index < -0.39 is 5.91 Å². The summed E-state index contributed by atoms with van der Waals surface area (Å²) in [6, 6.07) is 14.9. The van der Waals surface area contributed by atoms with Crippen LogP contribution in [0.15, 0.2) is 48.5 Å². The molecule has 1 amide bonds. The predicted molar refractivity (Wildman–Crippen MR) is 91.6 cm³/mol. The highest BCUT2D eigenvalue weighted by Crippen LogP contribution is 2.15. The Morgan fingerprint density at radius 1 is 1.12 bits per heavy atom. The molecular weight excluding hydrogens is 304 g/mol. The molecule has 2 aromatic rings. The van der Waals surface area contributed by atoms with Crippen molar-refractivity contribution >= 4 is 5.91 Å². The summed E-state index contributed by atoms with van der Waals surface area (Å²) in [5.74, 6) is 2.97. The van der Waals surface area contributed by atoms with Gasteiger partial charge < -0.3 is 4.74 Å². The topological polar surface area (TPSA) is 61.8 Å². The Bertz CT molecular complexity index is 703. The molecule has 0 bridgehead atoms. The molecule has 0 radical (unpaired) electrons. The van der Waals surface area contributed by atoms with Gasteiger partial charge in [0.25, 0.3) is 5.91 Å². The van der Waals surface area contributed by atoms with Crippen molar-refractivity contribution in [2.75, 3.05) is 13.7 Å². The van der Waals surface area contributed by atoms with Crippen LogP contribution in [0.25, 0.3) is 0 Å². The van der Waals surface area contributed by atoms with Crippen molar-refractivity contribution in [3.63, 3.8) is 0 Å². The van der Waals surface area contributed by atoms with E-state index in [1.165, 1.54) is 0 Å². The minimum absolute atomic E-state index is 0.403. The van der Waals surface area contributed by atoms with E-state index in [0.29, 0.717) is 25.2 Å². The number of amides is 1. The van der Waals surface area contributed by atoms with E-state index in [1.807, 2.05) is 36.4 Å². The molecule has 0 spiro atoms. The standard InChI is InChI=1S/C19H20N2O3/c1-3-12-21(14-16-6-10-18(24-2)11-7-16)13-15-4-8-17(9-5-15)19(22)20-23/h1,4-11,23H,12-14H2,2H3,(H,20,22). The normalized spacial score (nSPS) is 10.2. The zero-order chi connectivity index (χ0) is 17.4. The first kappa shape index (κ1) is 17.5. The van der Waals surface area contributed by atoms with Crippen LogP contribution in [-0.2, 0) is 13.1 Å². The van der Waals surface area contributed by atoms with E-state index in [-0.39, 0.29) is 0 Å². The van der Waals surface area contributed by atoms with Gasteiger partial charge in [-0.15, -0.1) is 6.42 Å². The number of hydrogen-bond acceptors (Lipinski definition) is 4. The molecule has 0 aliphatic carbocycles. The van der Waals surface area contributed by atoms with Crippen LogP contribution in [0.1, 0.15) is 21.5 Å². The molecule has 0 atom stereocenters. The smallest absolute Gasteiger partial charge is 0.274 e. The lowest BCUT2D eigenvalue weighted by atomic mass is 10.1. The molecule has 0 saturated carbocycles. The van der Waals surface area contributed by atoms with E-state index in [4.69, 9.17) is 16.4 Å². The number of methoxy groups -OCH3 is 1. The Morgan fingerprint density at radius 2 is 1.67 bits per heavy atom. The average molecular weight is 324 g/mol. The van der Waals surface area contributed by atoms with Crippen molar-refractivity contribution in [1.82, 2.24) is 10.4 Å². The van der Waals surface area contributed by atoms with Gasteiger partial charge in [0.2, 0.25) is 0 Å². The van der Waals surface area contributed by atoms with Crippen LogP contribution in [0.4, 0.5) is 0 Å². The Hall–Kier alpha value is -2.81. The van der Waals surface area contributed by atoms with E-state index in [9.17, 15) is 4.79 Å². The monoisotopic (exact) mass is 324 g/mol. The van der Waals surface area contributed by atoms with Gasteiger partial charge in [0.1, 0.15) is 5.75 Å². The third kappa shape index (κ3) is 4.85. The summed E-state index contributed by atoms with van der Waals surface area (Å²) in [4.78, 5) is 13.5. The van der Waals surface area contributed by atoms with Crippen LogP contribution in [0.2, 0.25) is 0 Å². The maximum absolute atomic E-state index is 11.3. The maximum Gasteiger partial charge on any atom is 0.274 e. The van der Waals surface area contributed by atoms with Gasteiger partial charge in [-0.25, -0.2) is 5.48 Å². The highest BCUT2D eigenvalue weighted by atomic mass is 16.5. The Labute approximate surface area is 141 Å². The minimum atomic E-state index is -0.528. The molecule has 0 aliphatic rings. The molecule has 2 aromatic carbocycles. The van der Waals surface area contributed by atoms with Gasteiger partial charge in [-0.05, 0) is 35.4 Å². The van der Waals surface area contributed by atoms with E-state index in [1.54, 1.807) is 24.7 Å². The number of terminal acetylenes is 1. The summed E-state index contributed by atoms with van der Waals surface area (Å²) >= 11 is 0. The quantitative estimate of drug-likeness (QED) is 0.466. The van der Waals surface area contributed by atoms with Crippen LogP contribution in [0.5, 0.6) is 5.75 Å². The number of carbonyl (C=O) groups excluding carboxylic acids is 1. The van der Waals surface area contributed by atoms with Gasteiger partial charge in [0.05, 0.1) is 13.7 Å². The lowest BCUT2D eigenvalue weighted by Crippen LogP contribution is -2.23. The largest absolute Gasteiger partial charge is 0.497 e. The van der Waals surface area contributed by atoms with Gasteiger partial charge in [0.15, 0.2) is 0 Å².